The Balaban J connectivity index is 1.90. The Hall–Kier alpha value is -2.74. The molecule has 2 N–H and O–H groups in total. The maximum atomic E-state index is 13.2. The fraction of sp³-hybridized carbons (Fsp3) is 0.238. The molecule has 0 fully saturated rings. The number of rotatable bonds is 5. The molecule has 3 rings (SSSR count). The van der Waals surface area contributed by atoms with Gasteiger partial charge in [-0.05, 0) is 23.6 Å². The van der Waals surface area contributed by atoms with Gasteiger partial charge >= 0.3 is 6.18 Å². The molecule has 1 amide bonds. The lowest BCUT2D eigenvalue weighted by Gasteiger charge is -2.22. The molecule has 2 aromatic rings. The van der Waals surface area contributed by atoms with Crippen molar-refractivity contribution in [2.75, 3.05) is 17.7 Å². The second-order valence-corrected chi connectivity index (χ2v) is 7.37. The third-order valence-electron chi connectivity index (χ3n) is 4.32. The van der Waals surface area contributed by atoms with Crippen molar-refractivity contribution in [2.24, 2.45) is 0 Å². The third-order valence-corrected chi connectivity index (χ3v) is 5.35. The van der Waals surface area contributed by atoms with Crippen molar-refractivity contribution >= 4 is 29.1 Å². The van der Waals surface area contributed by atoms with Crippen molar-refractivity contribution in [3.8, 4) is 11.1 Å². The second-order valence-electron chi connectivity index (χ2n) is 6.26. The molecule has 8 heteroatoms. The standard InChI is InChI=1S/C21H19F3N2O2S/c1-2-16(25)14-9-7-13(8-10-14)15-5-3-4-6-17(15)26-20(27)18-19(21(22,23)24)28-11-12-29-18/h3-10,25H,2,11-12H2,1H3,(H,26,27). The molecule has 2 aromatic carbocycles. The van der Waals surface area contributed by atoms with Crippen LogP contribution < -0.4 is 5.32 Å². The molecule has 0 saturated carbocycles. The number of hydrogen-bond donors (Lipinski definition) is 2. The molecule has 0 spiro atoms. The minimum absolute atomic E-state index is 0.0913. The van der Waals surface area contributed by atoms with Crippen LogP contribution in [0.1, 0.15) is 18.9 Å². The van der Waals surface area contributed by atoms with Crippen LogP contribution in [0.2, 0.25) is 0 Å². The highest BCUT2D eigenvalue weighted by atomic mass is 32.2. The molecule has 0 unspecified atom stereocenters. The number of alkyl halides is 3. The summed E-state index contributed by atoms with van der Waals surface area (Å²) in [5, 5.41) is 10.5. The molecule has 0 aliphatic carbocycles. The van der Waals surface area contributed by atoms with Crippen LogP contribution in [0.3, 0.4) is 0 Å². The van der Waals surface area contributed by atoms with Gasteiger partial charge in [-0.2, -0.15) is 13.2 Å². The number of hydrogen-bond acceptors (Lipinski definition) is 4. The summed E-state index contributed by atoms with van der Waals surface area (Å²) < 4.78 is 44.2. The van der Waals surface area contributed by atoms with Gasteiger partial charge in [-0.1, -0.05) is 49.4 Å². The van der Waals surface area contributed by atoms with E-state index in [1.807, 2.05) is 31.2 Å². The number of nitrogens with one attached hydrogen (secondary N) is 2. The summed E-state index contributed by atoms with van der Waals surface area (Å²) in [7, 11) is 0. The lowest BCUT2D eigenvalue weighted by atomic mass is 10.00. The number of anilines is 1. The van der Waals surface area contributed by atoms with Crippen molar-refractivity contribution in [3.63, 3.8) is 0 Å². The molecule has 0 radical (unpaired) electrons. The average Bonchev–Trinajstić information content (AvgIpc) is 2.73. The first kappa shape index (κ1) is 21.0. The zero-order valence-electron chi connectivity index (χ0n) is 15.6. The number of thioether (sulfide) groups is 1. The molecule has 4 nitrogen and oxygen atoms in total. The zero-order chi connectivity index (χ0) is 21.0. The van der Waals surface area contributed by atoms with Crippen molar-refractivity contribution in [3.05, 3.63) is 64.8 Å². The summed E-state index contributed by atoms with van der Waals surface area (Å²) in [6.45, 7) is 1.81. The van der Waals surface area contributed by atoms with E-state index in [1.54, 1.807) is 24.3 Å². The van der Waals surface area contributed by atoms with E-state index in [4.69, 9.17) is 10.1 Å². The molecule has 1 aliphatic rings. The first-order valence-electron chi connectivity index (χ1n) is 8.97. The van der Waals surface area contributed by atoms with Crippen LogP contribution in [0.5, 0.6) is 0 Å². The van der Waals surface area contributed by atoms with E-state index in [-0.39, 0.29) is 12.4 Å². The molecular formula is C21H19F3N2O2S. The summed E-state index contributed by atoms with van der Waals surface area (Å²) >= 11 is 0.834. The number of allylic oxidation sites excluding steroid dienone is 1. The molecule has 1 heterocycles. The van der Waals surface area contributed by atoms with E-state index in [1.165, 1.54) is 0 Å². The highest BCUT2D eigenvalue weighted by Gasteiger charge is 2.42. The van der Waals surface area contributed by atoms with Gasteiger partial charge in [0.05, 0.1) is 6.61 Å². The molecule has 0 atom stereocenters. The first-order valence-corrected chi connectivity index (χ1v) is 9.95. The van der Waals surface area contributed by atoms with Crippen molar-refractivity contribution < 1.29 is 22.7 Å². The minimum atomic E-state index is -4.72. The van der Waals surface area contributed by atoms with E-state index in [0.717, 1.165) is 22.9 Å². The Bertz CT molecular complexity index is 953. The van der Waals surface area contributed by atoms with Gasteiger partial charge in [0.25, 0.3) is 5.91 Å². The molecule has 1 aliphatic heterocycles. The van der Waals surface area contributed by atoms with E-state index < -0.39 is 22.7 Å². The fourth-order valence-electron chi connectivity index (χ4n) is 2.88. The Kier molecular flexibility index (Phi) is 6.32. The van der Waals surface area contributed by atoms with Crippen molar-refractivity contribution in [2.45, 2.75) is 19.5 Å². The van der Waals surface area contributed by atoms with Crippen LogP contribution in [-0.2, 0) is 9.53 Å². The quantitative estimate of drug-likeness (QED) is 0.619. The molecule has 29 heavy (non-hydrogen) atoms. The van der Waals surface area contributed by atoms with Crippen LogP contribution in [0, 0.1) is 5.41 Å². The van der Waals surface area contributed by atoms with Gasteiger partial charge in [0, 0.05) is 22.7 Å². The second kappa shape index (κ2) is 8.73. The van der Waals surface area contributed by atoms with Crippen molar-refractivity contribution in [1.82, 2.24) is 0 Å². The number of carbonyl (C=O) groups excluding carboxylic acids is 1. The molecule has 0 aromatic heterocycles. The number of benzene rings is 2. The van der Waals surface area contributed by atoms with E-state index in [9.17, 15) is 18.0 Å². The fourth-order valence-corrected chi connectivity index (χ4v) is 3.73. The lowest BCUT2D eigenvalue weighted by Crippen LogP contribution is -2.26. The molecule has 0 bridgehead atoms. The number of amides is 1. The predicted octanol–water partition coefficient (Wildman–Crippen LogP) is 5.61. The SMILES string of the molecule is CCC(=N)c1ccc(-c2ccccc2NC(=O)C2=C(C(F)(F)F)OCCS2)cc1. The van der Waals surface area contributed by atoms with Gasteiger partial charge in [0.2, 0.25) is 5.76 Å². The van der Waals surface area contributed by atoms with Crippen LogP contribution >= 0.6 is 11.8 Å². The maximum absolute atomic E-state index is 13.2. The molecular weight excluding hydrogens is 401 g/mol. The van der Waals surface area contributed by atoms with Crippen LogP contribution in [-0.4, -0.2) is 30.2 Å². The zero-order valence-corrected chi connectivity index (χ0v) is 16.4. The summed E-state index contributed by atoms with van der Waals surface area (Å²) in [5.41, 5.74) is 3.17. The highest BCUT2D eigenvalue weighted by molar-refractivity contribution is 8.04. The van der Waals surface area contributed by atoms with Gasteiger partial charge in [-0.15, -0.1) is 11.8 Å². The smallest absolute Gasteiger partial charge is 0.450 e. The van der Waals surface area contributed by atoms with Gasteiger partial charge < -0.3 is 15.5 Å². The lowest BCUT2D eigenvalue weighted by molar-refractivity contribution is -0.133. The number of halogens is 3. The topological polar surface area (TPSA) is 62.2 Å². The average molecular weight is 420 g/mol. The van der Waals surface area contributed by atoms with Gasteiger partial charge in [-0.3, -0.25) is 4.79 Å². The molecule has 0 saturated heterocycles. The molecule has 152 valence electrons. The third kappa shape index (κ3) is 4.82. The van der Waals surface area contributed by atoms with E-state index in [0.29, 0.717) is 23.4 Å². The Morgan fingerprint density at radius 3 is 2.52 bits per heavy atom. The Labute approximate surface area is 170 Å². The van der Waals surface area contributed by atoms with Crippen LogP contribution in [0.25, 0.3) is 11.1 Å². The van der Waals surface area contributed by atoms with E-state index >= 15 is 0 Å². The summed E-state index contributed by atoms with van der Waals surface area (Å²) in [6, 6.07) is 14.2. The van der Waals surface area contributed by atoms with Gasteiger partial charge in [-0.25, -0.2) is 0 Å². The maximum Gasteiger partial charge on any atom is 0.450 e. The summed E-state index contributed by atoms with van der Waals surface area (Å²) in [5.74, 6) is -1.82. The monoisotopic (exact) mass is 420 g/mol. The number of carbonyl (C=O) groups is 1. The summed E-state index contributed by atoms with van der Waals surface area (Å²) in [4.78, 5) is 12.1. The van der Waals surface area contributed by atoms with E-state index in [2.05, 4.69) is 5.32 Å². The van der Waals surface area contributed by atoms with Crippen molar-refractivity contribution in [1.29, 1.82) is 5.41 Å². The first-order chi connectivity index (χ1) is 13.8. The Morgan fingerprint density at radius 1 is 1.17 bits per heavy atom. The predicted molar refractivity (Wildman–Crippen MR) is 109 cm³/mol. The van der Waals surface area contributed by atoms with Crippen LogP contribution in [0.15, 0.2) is 59.2 Å². The normalized spacial score (nSPS) is 14.3. The van der Waals surface area contributed by atoms with Gasteiger partial charge in [0.1, 0.15) is 4.91 Å². The van der Waals surface area contributed by atoms with Gasteiger partial charge in [0.15, 0.2) is 0 Å². The highest BCUT2D eigenvalue weighted by Crippen LogP contribution is 2.38. The van der Waals surface area contributed by atoms with Crippen LogP contribution in [0.4, 0.5) is 18.9 Å². The minimum Gasteiger partial charge on any atom is -0.487 e. The summed E-state index contributed by atoms with van der Waals surface area (Å²) in [6.07, 6.45) is -4.11. The number of ether oxygens (including phenoxy) is 1. The largest absolute Gasteiger partial charge is 0.487 e. The number of para-hydroxylation sites is 1. The Morgan fingerprint density at radius 2 is 1.86 bits per heavy atom.